The number of nitrogens with one attached hydrogen (secondary N) is 1. The largest absolute Gasteiger partial charge is 0.489 e. The molecule has 0 spiro atoms. The number of nitrogens with zero attached hydrogens (tertiary/aromatic N) is 2. The van der Waals surface area contributed by atoms with Crippen LogP contribution in [0.5, 0.6) is 11.5 Å². The van der Waals surface area contributed by atoms with E-state index in [1.54, 1.807) is 23.1 Å². The Bertz CT molecular complexity index is 1280. The summed E-state index contributed by atoms with van der Waals surface area (Å²) in [6, 6.07) is 23.1. The lowest BCUT2D eigenvalue weighted by atomic mass is 9.87. The Balaban J connectivity index is 1.31. The zero-order valence-electron chi connectivity index (χ0n) is 20.0. The fourth-order valence-electron chi connectivity index (χ4n) is 3.39. The van der Waals surface area contributed by atoms with E-state index in [9.17, 15) is 4.79 Å². The van der Waals surface area contributed by atoms with E-state index >= 15 is 0 Å². The first-order chi connectivity index (χ1) is 16.8. The second-order valence-corrected chi connectivity index (χ2v) is 10.1. The molecule has 1 aromatic heterocycles. The monoisotopic (exact) mass is 533 g/mol. The summed E-state index contributed by atoms with van der Waals surface area (Å²) in [5.74, 6) is 1.32. The minimum absolute atomic E-state index is 0.100. The predicted octanol–water partition coefficient (Wildman–Crippen LogP) is 6.81. The summed E-state index contributed by atoms with van der Waals surface area (Å²) >= 11 is 3.40. The molecule has 7 heteroatoms. The highest BCUT2D eigenvalue weighted by atomic mass is 79.9. The standard InChI is InChI=1S/C28H28BrN3O3/c1-28(2,3)22-7-11-25(12-8-22)34-18-20-5-4-6-21(15-20)27(33)31-24-16-30-32(17-24)19-35-26-13-9-23(29)10-14-26/h4-17H,18-19H2,1-3H3,(H,31,33). The molecular formula is C28H28BrN3O3. The summed E-state index contributed by atoms with van der Waals surface area (Å²) in [6.45, 7) is 7.16. The van der Waals surface area contributed by atoms with E-state index in [1.807, 2.05) is 54.6 Å². The Morgan fingerprint density at radius 3 is 2.37 bits per heavy atom. The molecule has 1 heterocycles. The molecule has 35 heavy (non-hydrogen) atoms. The van der Waals surface area contributed by atoms with Crippen molar-refractivity contribution in [3.8, 4) is 11.5 Å². The van der Waals surface area contributed by atoms with E-state index < -0.39 is 0 Å². The highest BCUT2D eigenvalue weighted by molar-refractivity contribution is 9.10. The van der Waals surface area contributed by atoms with Crippen molar-refractivity contribution >= 4 is 27.5 Å². The van der Waals surface area contributed by atoms with E-state index in [0.717, 1.165) is 21.5 Å². The number of hydrogen-bond donors (Lipinski definition) is 1. The van der Waals surface area contributed by atoms with E-state index in [2.05, 4.69) is 59.2 Å². The van der Waals surface area contributed by atoms with E-state index in [0.29, 0.717) is 17.9 Å². The number of anilines is 1. The first-order valence-electron chi connectivity index (χ1n) is 11.3. The quantitative estimate of drug-likeness (QED) is 0.270. The van der Waals surface area contributed by atoms with Gasteiger partial charge in [0.15, 0.2) is 6.73 Å². The second kappa shape index (κ2) is 10.8. The van der Waals surface area contributed by atoms with Crippen LogP contribution in [0.15, 0.2) is 89.7 Å². The Hall–Kier alpha value is -3.58. The van der Waals surface area contributed by atoms with Crippen LogP contribution in [0.3, 0.4) is 0 Å². The van der Waals surface area contributed by atoms with Gasteiger partial charge in [-0.05, 0) is 65.1 Å². The maximum atomic E-state index is 12.8. The first kappa shape index (κ1) is 24.5. The summed E-state index contributed by atoms with van der Waals surface area (Å²) < 4.78 is 14.2. The molecule has 0 unspecified atom stereocenters. The van der Waals surface area contributed by atoms with E-state index in [1.165, 1.54) is 5.56 Å². The highest BCUT2D eigenvalue weighted by Crippen LogP contribution is 2.25. The summed E-state index contributed by atoms with van der Waals surface area (Å²) in [5.41, 5.74) is 3.41. The van der Waals surface area contributed by atoms with Gasteiger partial charge in [-0.15, -0.1) is 0 Å². The lowest BCUT2D eigenvalue weighted by Crippen LogP contribution is -2.12. The molecule has 180 valence electrons. The van der Waals surface area contributed by atoms with E-state index in [4.69, 9.17) is 9.47 Å². The lowest BCUT2D eigenvalue weighted by molar-refractivity contribution is 0.102. The molecule has 0 saturated heterocycles. The summed E-state index contributed by atoms with van der Waals surface area (Å²) in [5, 5.41) is 7.13. The molecule has 0 radical (unpaired) electrons. The predicted molar refractivity (Wildman–Crippen MR) is 141 cm³/mol. The maximum Gasteiger partial charge on any atom is 0.255 e. The number of hydrogen-bond acceptors (Lipinski definition) is 4. The van der Waals surface area contributed by atoms with Gasteiger partial charge < -0.3 is 14.8 Å². The van der Waals surface area contributed by atoms with Crippen LogP contribution in [0.1, 0.15) is 42.3 Å². The van der Waals surface area contributed by atoms with Crippen molar-refractivity contribution in [2.75, 3.05) is 5.32 Å². The van der Waals surface area contributed by atoms with Crippen molar-refractivity contribution in [2.24, 2.45) is 0 Å². The molecule has 0 bridgehead atoms. The third kappa shape index (κ3) is 6.96. The Kier molecular flexibility index (Phi) is 7.56. The summed E-state index contributed by atoms with van der Waals surface area (Å²) in [4.78, 5) is 12.8. The number of ether oxygens (including phenoxy) is 2. The summed E-state index contributed by atoms with van der Waals surface area (Å²) in [6.07, 6.45) is 3.32. The summed E-state index contributed by atoms with van der Waals surface area (Å²) in [7, 11) is 0. The van der Waals surface area contributed by atoms with Crippen molar-refractivity contribution in [3.63, 3.8) is 0 Å². The van der Waals surface area contributed by atoms with Crippen LogP contribution in [-0.2, 0) is 18.8 Å². The highest BCUT2D eigenvalue weighted by Gasteiger charge is 2.13. The van der Waals surface area contributed by atoms with Crippen molar-refractivity contribution in [1.82, 2.24) is 9.78 Å². The number of amides is 1. The molecule has 0 fully saturated rings. The van der Waals surface area contributed by atoms with Gasteiger partial charge in [0.25, 0.3) is 5.91 Å². The van der Waals surface area contributed by atoms with Gasteiger partial charge in [0.05, 0.1) is 18.1 Å². The molecular weight excluding hydrogens is 506 g/mol. The number of carbonyl (C=O) groups is 1. The van der Waals surface area contributed by atoms with Gasteiger partial charge in [0.1, 0.15) is 18.1 Å². The van der Waals surface area contributed by atoms with Crippen LogP contribution in [0.4, 0.5) is 5.69 Å². The third-order valence-electron chi connectivity index (χ3n) is 5.38. The maximum absolute atomic E-state index is 12.8. The van der Waals surface area contributed by atoms with Crippen LogP contribution in [0.2, 0.25) is 0 Å². The zero-order chi connectivity index (χ0) is 24.8. The molecule has 0 saturated carbocycles. The molecule has 1 N–H and O–H groups in total. The van der Waals surface area contributed by atoms with Crippen LogP contribution >= 0.6 is 15.9 Å². The fourth-order valence-corrected chi connectivity index (χ4v) is 3.66. The SMILES string of the molecule is CC(C)(C)c1ccc(OCc2cccc(C(=O)Nc3cnn(COc4ccc(Br)cc4)c3)c2)cc1. The molecule has 4 aromatic rings. The average molecular weight is 534 g/mol. The van der Waals surface area contributed by atoms with Gasteiger partial charge in [-0.1, -0.05) is 61.0 Å². The Morgan fingerprint density at radius 2 is 1.66 bits per heavy atom. The minimum Gasteiger partial charge on any atom is -0.489 e. The Labute approximate surface area is 214 Å². The minimum atomic E-state index is -0.213. The number of halogens is 1. The number of carbonyl (C=O) groups excluding carboxylic acids is 1. The molecule has 6 nitrogen and oxygen atoms in total. The molecule has 0 aliphatic heterocycles. The molecule has 4 rings (SSSR count). The average Bonchev–Trinajstić information content (AvgIpc) is 3.29. The van der Waals surface area contributed by atoms with Gasteiger partial charge in [0, 0.05) is 10.0 Å². The van der Waals surface area contributed by atoms with Gasteiger partial charge in [-0.25, -0.2) is 4.68 Å². The fraction of sp³-hybridized carbons (Fsp3) is 0.214. The van der Waals surface area contributed by atoms with E-state index in [-0.39, 0.29) is 18.1 Å². The number of benzene rings is 3. The van der Waals surface area contributed by atoms with Crippen LogP contribution < -0.4 is 14.8 Å². The van der Waals surface area contributed by atoms with Crippen LogP contribution in [0.25, 0.3) is 0 Å². The van der Waals surface area contributed by atoms with Gasteiger partial charge in [-0.3, -0.25) is 4.79 Å². The Morgan fingerprint density at radius 1 is 0.971 bits per heavy atom. The van der Waals surface area contributed by atoms with Crippen molar-refractivity contribution in [2.45, 2.75) is 39.5 Å². The van der Waals surface area contributed by atoms with Crippen molar-refractivity contribution in [3.05, 3.63) is 106 Å². The van der Waals surface area contributed by atoms with Crippen LogP contribution in [-0.4, -0.2) is 15.7 Å². The first-order valence-corrected chi connectivity index (χ1v) is 12.1. The third-order valence-corrected chi connectivity index (χ3v) is 5.91. The molecule has 3 aromatic carbocycles. The lowest BCUT2D eigenvalue weighted by Gasteiger charge is -2.19. The van der Waals surface area contributed by atoms with Gasteiger partial charge >= 0.3 is 0 Å². The van der Waals surface area contributed by atoms with Crippen LogP contribution in [0, 0.1) is 0 Å². The van der Waals surface area contributed by atoms with Crippen molar-refractivity contribution in [1.29, 1.82) is 0 Å². The number of aromatic nitrogens is 2. The second-order valence-electron chi connectivity index (χ2n) is 9.21. The normalized spacial score (nSPS) is 11.2. The van der Waals surface area contributed by atoms with Crippen molar-refractivity contribution < 1.29 is 14.3 Å². The topological polar surface area (TPSA) is 65.4 Å². The molecule has 1 amide bonds. The van der Waals surface area contributed by atoms with Gasteiger partial charge in [0.2, 0.25) is 0 Å². The molecule has 0 aliphatic carbocycles. The smallest absolute Gasteiger partial charge is 0.255 e. The van der Waals surface area contributed by atoms with Gasteiger partial charge in [-0.2, -0.15) is 5.10 Å². The number of rotatable bonds is 8. The molecule has 0 atom stereocenters. The zero-order valence-corrected chi connectivity index (χ0v) is 21.6. The molecule has 0 aliphatic rings.